The highest BCUT2D eigenvalue weighted by Gasteiger charge is 2.24. The average molecular weight is 348 g/mol. The van der Waals surface area contributed by atoms with Gasteiger partial charge in [-0.05, 0) is 31.0 Å². The molecule has 1 aromatic carbocycles. The van der Waals surface area contributed by atoms with E-state index in [9.17, 15) is 4.79 Å². The van der Waals surface area contributed by atoms with Gasteiger partial charge in [-0.2, -0.15) is 10.4 Å². The molecule has 7 heteroatoms. The average Bonchev–Trinajstić information content (AvgIpc) is 3.32. The molecule has 0 radical (unpaired) electrons. The zero-order chi connectivity index (χ0) is 18.3. The molecule has 7 nitrogen and oxygen atoms in total. The van der Waals surface area contributed by atoms with Gasteiger partial charge in [0.15, 0.2) is 6.19 Å². The summed E-state index contributed by atoms with van der Waals surface area (Å²) in [4.78, 5) is 17.4. The number of aromatic amines is 1. The molecule has 0 spiro atoms. The van der Waals surface area contributed by atoms with Crippen LogP contribution < -0.4 is 5.32 Å². The molecule has 2 N–H and O–H groups in total. The highest BCUT2D eigenvalue weighted by Crippen LogP contribution is 2.26. The van der Waals surface area contributed by atoms with Gasteiger partial charge in [0, 0.05) is 48.8 Å². The van der Waals surface area contributed by atoms with Crippen molar-refractivity contribution in [2.24, 2.45) is 7.05 Å². The van der Waals surface area contributed by atoms with Crippen LogP contribution in [0.25, 0.3) is 22.0 Å². The van der Waals surface area contributed by atoms with E-state index in [1.807, 2.05) is 44.4 Å². The molecule has 0 aliphatic carbocycles. The number of H-pyrrole nitrogens is 1. The molecule has 1 saturated heterocycles. The van der Waals surface area contributed by atoms with Crippen LogP contribution >= 0.6 is 0 Å². The SMILES string of the molecule is Cc1nn(C)cc1-c1ccc2cc(C(=O)NC3CCN(C#N)C3)[nH]c2c1. The lowest BCUT2D eigenvalue weighted by atomic mass is 10.1. The molecule has 1 aliphatic rings. The first kappa shape index (κ1) is 16.2. The van der Waals surface area contributed by atoms with Gasteiger partial charge in [0.1, 0.15) is 5.69 Å². The van der Waals surface area contributed by atoms with Gasteiger partial charge in [-0.25, -0.2) is 0 Å². The van der Waals surface area contributed by atoms with Crippen LogP contribution in [0.5, 0.6) is 0 Å². The number of nitrogens with one attached hydrogen (secondary N) is 2. The van der Waals surface area contributed by atoms with Crippen molar-refractivity contribution in [1.82, 2.24) is 25.0 Å². The van der Waals surface area contributed by atoms with Crippen molar-refractivity contribution in [2.45, 2.75) is 19.4 Å². The van der Waals surface area contributed by atoms with Crippen molar-refractivity contribution in [3.05, 3.63) is 41.9 Å². The number of aryl methyl sites for hydroxylation is 2. The number of likely N-dealkylation sites (tertiary alicyclic amines) is 1. The van der Waals surface area contributed by atoms with Crippen molar-refractivity contribution in [3.8, 4) is 17.3 Å². The number of nitriles is 1. The predicted molar refractivity (Wildman–Crippen MR) is 98.3 cm³/mol. The maximum Gasteiger partial charge on any atom is 0.268 e. The van der Waals surface area contributed by atoms with Crippen molar-refractivity contribution < 1.29 is 4.79 Å². The van der Waals surface area contributed by atoms with E-state index in [-0.39, 0.29) is 11.9 Å². The number of carbonyl (C=O) groups excluding carboxylic acids is 1. The summed E-state index contributed by atoms with van der Waals surface area (Å²) in [5.74, 6) is -0.134. The molecule has 26 heavy (non-hydrogen) atoms. The molecule has 132 valence electrons. The Kier molecular flexibility index (Phi) is 3.88. The highest BCUT2D eigenvalue weighted by molar-refractivity contribution is 5.99. The van der Waals surface area contributed by atoms with Crippen molar-refractivity contribution in [2.75, 3.05) is 13.1 Å². The van der Waals surface area contributed by atoms with Crippen LogP contribution in [0.15, 0.2) is 30.5 Å². The lowest BCUT2D eigenvalue weighted by Gasteiger charge is -2.11. The van der Waals surface area contributed by atoms with E-state index >= 15 is 0 Å². The normalized spacial score (nSPS) is 16.8. The number of hydrogen-bond acceptors (Lipinski definition) is 4. The van der Waals surface area contributed by atoms with Gasteiger partial charge in [-0.3, -0.25) is 9.48 Å². The maximum absolute atomic E-state index is 12.5. The third-order valence-corrected chi connectivity index (χ3v) is 4.86. The molecule has 1 atom stereocenters. The lowest BCUT2D eigenvalue weighted by Crippen LogP contribution is -2.36. The second-order valence-electron chi connectivity index (χ2n) is 6.79. The number of aromatic nitrogens is 3. The molecule has 1 unspecified atom stereocenters. The van der Waals surface area contributed by atoms with E-state index in [0.717, 1.165) is 34.1 Å². The summed E-state index contributed by atoms with van der Waals surface area (Å²) >= 11 is 0. The summed E-state index contributed by atoms with van der Waals surface area (Å²) < 4.78 is 1.80. The Hall–Kier alpha value is -3.27. The third kappa shape index (κ3) is 2.90. The summed E-state index contributed by atoms with van der Waals surface area (Å²) in [6, 6.07) is 7.98. The van der Waals surface area contributed by atoms with E-state index in [1.165, 1.54) is 0 Å². The summed E-state index contributed by atoms with van der Waals surface area (Å²) in [5, 5.41) is 17.3. The van der Waals surface area contributed by atoms with Crippen LogP contribution in [0.2, 0.25) is 0 Å². The van der Waals surface area contributed by atoms with Gasteiger partial charge in [0.25, 0.3) is 5.91 Å². The van der Waals surface area contributed by atoms with E-state index in [4.69, 9.17) is 5.26 Å². The smallest absolute Gasteiger partial charge is 0.268 e. The first-order valence-electron chi connectivity index (χ1n) is 8.62. The number of carbonyl (C=O) groups is 1. The molecule has 1 fully saturated rings. The third-order valence-electron chi connectivity index (χ3n) is 4.86. The lowest BCUT2D eigenvalue weighted by molar-refractivity contribution is 0.0934. The Morgan fingerprint density at radius 1 is 1.42 bits per heavy atom. The zero-order valence-electron chi connectivity index (χ0n) is 14.8. The minimum absolute atomic E-state index is 0.0159. The van der Waals surface area contributed by atoms with Crippen LogP contribution in [0.3, 0.4) is 0 Å². The number of rotatable bonds is 3. The van der Waals surface area contributed by atoms with Crippen molar-refractivity contribution in [1.29, 1.82) is 5.26 Å². The quantitative estimate of drug-likeness (QED) is 0.710. The van der Waals surface area contributed by atoms with Gasteiger partial charge in [-0.1, -0.05) is 12.1 Å². The Balaban J connectivity index is 1.57. The van der Waals surface area contributed by atoms with Crippen LogP contribution in [0.1, 0.15) is 22.6 Å². The fraction of sp³-hybridized carbons (Fsp3) is 0.316. The van der Waals surface area contributed by atoms with Gasteiger partial charge in [0.2, 0.25) is 0 Å². The van der Waals surface area contributed by atoms with Gasteiger partial charge < -0.3 is 15.2 Å². The molecular weight excluding hydrogens is 328 g/mol. The Morgan fingerprint density at radius 3 is 2.96 bits per heavy atom. The molecule has 3 aromatic rings. The van der Waals surface area contributed by atoms with Gasteiger partial charge in [-0.15, -0.1) is 0 Å². The van der Waals surface area contributed by atoms with Crippen LogP contribution in [0, 0.1) is 18.4 Å². The first-order valence-corrected chi connectivity index (χ1v) is 8.62. The summed E-state index contributed by atoms with van der Waals surface area (Å²) in [5.41, 5.74) is 4.58. The monoisotopic (exact) mass is 348 g/mol. The number of hydrogen-bond donors (Lipinski definition) is 2. The Labute approximate surface area is 151 Å². The van der Waals surface area contributed by atoms with E-state index < -0.39 is 0 Å². The maximum atomic E-state index is 12.5. The molecule has 3 heterocycles. The Bertz CT molecular complexity index is 1020. The zero-order valence-corrected chi connectivity index (χ0v) is 14.8. The second kappa shape index (κ2) is 6.23. The molecule has 1 amide bonds. The number of amides is 1. The number of nitrogens with zero attached hydrogens (tertiary/aromatic N) is 4. The van der Waals surface area contributed by atoms with Gasteiger partial charge >= 0.3 is 0 Å². The summed E-state index contributed by atoms with van der Waals surface area (Å²) in [6.45, 7) is 3.26. The second-order valence-corrected chi connectivity index (χ2v) is 6.79. The molecule has 0 bridgehead atoms. The van der Waals surface area contributed by atoms with E-state index in [2.05, 4.69) is 21.6 Å². The molecule has 0 saturated carbocycles. The van der Waals surface area contributed by atoms with E-state index in [1.54, 1.807) is 9.58 Å². The van der Waals surface area contributed by atoms with Crippen LogP contribution in [-0.2, 0) is 7.05 Å². The van der Waals surface area contributed by atoms with E-state index in [0.29, 0.717) is 18.8 Å². The first-order chi connectivity index (χ1) is 12.5. The predicted octanol–water partition coefficient (Wildman–Crippen LogP) is 2.16. The topological polar surface area (TPSA) is 89.7 Å². The van der Waals surface area contributed by atoms with Gasteiger partial charge in [0.05, 0.1) is 5.69 Å². The minimum Gasteiger partial charge on any atom is -0.351 e. The molecule has 4 rings (SSSR count). The van der Waals surface area contributed by atoms with Crippen molar-refractivity contribution >= 4 is 16.8 Å². The number of benzene rings is 1. The minimum atomic E-state index is -0.134. The fourth-order valence-corrected chi connectivity index (χ4v) is 3.53. The largest absolute Gasteiger partial charge is 0.351 e. The summed E-state index contributed by atoms with van der Waals surface area (Å²) in [7, 11) is 1.91. The van der Waals surface area contributed by atoms with Crippen LogP contribution in [0.4, 0.5) is 0 Å². The highest BCUT2D eigenvalue weighted by atomic mass is 16.2. The van der Waals surface area contributed by atoms with Crippen LogP contribution in [-0.4, -0.2) is 44.7 Å². The summed E-state index contributed by atoms with van der Waals surface area (Å²) in [6.07, 6.45) is 4.91. The molecule has 2 aromatic heterocycles. The molecular formula is C19H20N6O. The number of fused-ring (bicyclic) bond motifs is 1. The standard InChI is InChI=1S/C19H20N6O/c1-12-16(10-24(2)23-12)13-3-4-14-8-18(22-17(14)7-13)19(26)21-15-5-6-25(9-15)11-20/h3-4,7-8,10,15,22H,5-6,9H2,1-2H3,(H,21,26). The fourth-order valence-electron chi connectivity index (χ4n) is 3.53. The van der Waals surface area contributed by atoms with Crippen molar-refractivity contribution in [3.63, 3.8) is 0 Å². The Morgan fingerprint density at radius 2 is 2.27 bits per heavy atom. The molecule has 1 aliphatic heterocycles.